The summed E-state index contributed by atoms with van der Waals surface area (Å²) < 4.78 is 10.6. The average Bonchev–Trinajstić information content (AvgIpc) is 2.10. The summed E-state index contributed by atoms with van der Waals surface area (Å²) in [6.45, 7) is 8.04. The van der Waals surface area contributed by atoms with Crippen LogP contribution in [0, 0.1) is 0 Å². The van der Waals surface area contributed by atoms with Crippen molar-refractivity contribution in [3.8, 4) is 0 Å². The molecule has 1 heterocycles. The summed E-state index contributed by atoms with van der Waals surface area (Å²) in [4.78, 5) is 0. The highest BCUT2D eigenvalue weighted by Gasteiger charge is 2.30. The van der Waals surface area contributed by atoms with E-state index in [1.54, 1.807) is 6.08 Å². The lowest BCUT2D eigenvalue weighted by Gasteiger charge is -2.15. The molecule has 0 radical (unpaired) electrons. The smallest absolute Gasteiger partial charge is 0.163 e. The molecule has 1 saturated heterocycles. The van der Waals surface area contributed by atoms with Crippen LogP contribution in [-0.4, -0.2) is 18.5 Å². The van der Waals surface area contributed by atoms with E-state index < -0.39 is 5.79 Å². The Morgan fingerprint density at radius 2 is 2.33 bits per heavy atom. The van der Waals surface area contributed by atoms with Crippen LogP contribution >= 0.6 is 0 Å². The molecule has 0 aromatic rings. The average molecular weight is 128 g/mol. The maximum absolute atomic E-state index is 5.36. The van der Waals surface area contributed by atoms with Crippen molar-refractivity contribution in [1.82, 2.24) is 0 Å². The number of ether oxygens (including phenoxy) is 2. The fraction of sp³-hybridized carbons (Fsp3) is 0.714. The second-order valence-corrected chi connectivity index (χ2v) is 2.60. The molecule has 0 amide bonds. The van der Waals surface area contributed by atoms with Crippen LogP contribution in [0.5, 0.6) is 0 Å². The van der Waals surface area contributed by atoms with Gasteiger partial charge in [0, 0.05) is 0 Å². The largest absolute Gasteiger partial charge is 0.347 e. The summed E-state index contributed by atoms with van der Waals surface area (Å²) in [5, 5.41) is 0. The fourth-order valence-electron chi connectivity index (χ4n) is 0.832. The first-order chi connectivity index (χ1) is 4.14. The predicted molar refractivity (Wildman–Crippen MR) is 35.1 cm³/mol. The molecule has 1 rings (SSSR count). The minimum Gasteiger partial charge on any atom is -0.347 e. The lowest BCUT2D eigenvalue weighted by molar-refractivity contribution is -0.133. The molecule has 1 aliphatic heterocycles. The van der Waals surface area contributed by atoms with Gasteiger partial charge in [0.2, 0.25) is 0 Å². The molecule has 2 heteroatoms. The maximum Gasteiger partial charge on any atom is 0.163 e. The molecule has 0 aromatic carbocycles. The molecule has 0 bridgehead atoms. The van der Waals surface area contributed by atoms with Crippen LogP contribution in [0.4, 0.5) is 0 Å². The van der Waals surface area contributed by atoms with E-state index in [9.17, 15) is 0 Å². The van der Waals surface area contributed by atoms with Gasteiger partial charge in [-0.15, -0.1) is 6.58 Å². The zero-order chi connectivity index (χ0) is 6.91. The topological polar surface area (TPSA) is 18.5 Å². The van der Waals surface area contributed by atoms with Crippen LogP contribution < -0.4 is 0 Å². The van der Waals surface area contributed by atoms with Gasteiger partial charge in [0.05, 0.1) is 6.61 Å². The van der Waals surface area contributed by atoms with E-state index in [1.807, 2.05) is 13.8 Å². The second-order valence-electron chi connectivity index (χ2n) is 2.60. The van der Waals surface area contributed by atoms with Gasteiger partial charge in [0.25, 0.3) is 0 Å². The molecule has 2 nitrogen and oxygen atoms in total. The Morgan fingerprint density at radius 3 is 2.56 bits per heavy atom. The quantitative estimate of drug-likeness (QED) is 0.496. The highest BCUT2D eigenvalue weighted by Crippen LogP contribution is 2.22. The lowest BCUT2D eigenvalue weighted by atomic mass is 10.4. The molecule has 0 aromatic heterocycles. The van der Waals surface area contributed by atoms with Gasteiger partial charge in [0.15, 0.2) is 5.79 Å². The van der Waals surface area contributed by atoms with Crippen molar-refractivity contribution in [3.05, 3.63) is 12.7 Å². The van der Waals surface area contributed by atoms with Crippen LogP contribution in [0.15, 0.2) is 12.7 Å². The highest BCUT2D eigenvalue weighted by atomic mass is 16.7. The molecule has 52 valence electrons. The highest BCUT2D eigenvalue weighted by molar-refractivity contribution is 4.85. The van der Waals surface area contributed by atoms with Gasteiger partial charge in [-0.3, -0.25) is 0 Å². The Hall–Kier alpha value is -0.340. The van der Waals surface area contributed by atoms with Crippen molar-refractivity contribution in [1.29, 1.82) is 0 Å². The van der Waals surface area contributed by atoms with Crippen LogP contribution in [0.3, 0.4) is 0 Å². The number of hydrogen-bond donors (Lipinski definition) is 0. The van der Waals surface area contributed by atoms with Crippen molar-refractivity contribution in [2.24, 2.45) is 0 Å². The summed E-state index contributed by atoms with van der Waals surface area (Å²) in [6, 6.07) is 0. The van der Waals surface area contributed by atoms with Crippen molar-refractivity contribution in [2.45, 2.75) is 25.7 Å². The van der Waals surface area contributed by atoms with Crippen LogP contribution in [0.1, 0.15) is 13.8 Å². The van der Waals surface area contributed by atoms with Crippen molar-refractivity contribution < 1.29 is 9.47 Å². The molecule has 0 N–H and O–H groups in total. The van der Waals surface area contributed by atoms with Crippen LogP contribution in [0.25, 0.3) is 0 Å². The van der Waals surface area contributed by atoms with Crippen LogP contribution in [0.2, 0.25) is 0 Å². The van der Waals surface area contributed by atoms with Gasteiger partial charge in [-0.25, -0.2) is 0 Å². The lowest BCUT2D eigenvalue weighted by Crippen LogP contribution is -2.20. The Kier molecular flexibility index (Phi) is 1.60. The van der Waals surface area contributed by atoms with E-state index in [0.29, 0.717) is 6.61 Å². The maximum atomic E-state index is 5.36. The van der Waals surface area contributed by atoms with Gasteiger partial charge in [-0.1, -0.05) is 6.08 Å². The van der Waals surface area contributed by atoms with E-state index in [4.69, 9.17) is 9.47 Å². The van der Waals surface area contributed by atoms with Gasteiger partial charge in [-0.2, -0.15) is 0 Å². The minimum absolute atomic E-state index is 0.0833. The number of rotatable bonds is 1. The fourth-order valence-corrected chi connectivity index (χ4v) is 0.832. The third-order valence-corrected chi connectivity index (χ3v) is 1.29. The Morgan fingerprint density at radius 1 is 1.67 bits per heavy atom. The third kappa shape index (κ3) is 1.53. The summed E-state index contributed by atoms with van der Waals surface area (Å²) in [6.07, 6.45) is 1.84. The van der Waals surface area contributed by atoms with Gasteiger partial charge < -0.3 is 9.47 Å². The molecule has 1 atom stereocenters. The molecule has 0 unspecified atom stereocenters. The van der Waals surface area contributed by atoms with Gasteiger partial charge in [-0.05, 0) is 13.8 Å². The van der Waals surface area contributed by atoms with Crippen molar-refractivity contribution in [2.75, 3.05) is 6.61 Å². The molecule has 0 saturated carbocycles. The van der Waals surface area contributed by atoms with E-state index in [2.05, 4.69) is 6.58 Å². The molecule has 0 spiro atoms. The van der Waals surface area contributed by atoms with E-state index >= 15 is 0 Å². The first-order valence-corrected chi connectivity index (χ1v) is 3.08. The molecular formula is C7H12O2. The third-order valence-electron chi connectivity index (χ3n) is 1.29. The van der Waals surface area contributed by atoms with E-state index in [0.717, 1.165) is 0 Å². The molecule has 1 fully saturated rings. The van der Waals surface area contributed by atoms with Gasteiger partial charge in [0.1, 0.15) is 6.10 Å². The Labute approximate surface area is 55.5 Å². The first kappa shape index (κ1) is 6.78. The zero-order valence-electron chi connectivity index (χ0n) is 5.89. The number of hydrogen-bond acceptors (Lipinski definition) is 2. The molecule has 0 aliphatic carbocycles. The normalized spacial score (nSPS) is 32.4. The monoisotopic (exact) mass is 128 g/mol. The molecule has 9 heavy (non-hydrogen) atoms. The standard InChI is InChI=1S/C7H12O2/c1-4-6-5-8-7(2,3)9-6/h4,6H,1,5H2,2-3H3/t6-/m1/s1. The van der Waals surface area contributed by atoms with Crippen molar-refractivity contribution >= 4 is 0 Å². The molecular weight excluding hydrogens is 116 g/mol. The minimum atomic E-state index is -0.404. The Bertz CT molecular complexity index is 118. The summed E-state index contributed by atoms with van der Waals surface area (Å²) >= 11 is 0. The molecule has 1 aliphatic rings. The first-order valence-electron chi connectivity index (χ1n) is 3.08. The predicted octanol–water partition coefficient (Wildman–Crippen LogP) is 1.32. The van der Waals surface area contributed by atoms with Gasteiger partial charge >= 0.3 is 0 Å². The van der Waals surface area contributed by atoms with Crippen molar-refractivity contribution in [3.63, 3.8) is 0 Å². The summed E-state index contributed by atoms with van der Waals surface area (Å²) in [5.41, 5.74) is 0. The second kappa shape index (κ2) is 2.12. The Balaban J connectivity index is 2.47. The SMILES string of the molecule is C=C[C@@H]1COC(C)(C)O1. The van der Waals surface area contributed by atoms with E-state index in [-0.39, 0.29) is 6.10 Å². The van der Waals surface area contributed by atoms with E-state index in [1.165, 1.54) is 0 Å². The zero-order valence-corrected chi connectivity index (χ0v) is 5.89. The summed E-state index contributed by atoms with van der Waals surface area (Å²) in [5.74, 6) is -0.404. The van der Waals surface area contributed by atoms with Crippen LogP contribution in [-0.2, 0) is 9.47 Å². The summed E-state index contributed by atoms with van der Waals surface area (Å²) in [7, 11) is 0.